The predicted octanol–water partition coefficient (Wildman–Crippen LogP) is 4.81. The van der Waals surface area contributed by atoms with E-state index in [-0.39, 0.29) is 0 Å². The van der Waals surface area contributed by atoms with Gasteiger partial charge in [-0.3, -0.25) is 10.00 Å². The van der Waals surface area contributed by atoms with Crippen molar-refractivity contribution < 1.29 is 0 Å². The fraction of sp³-hybridized carbons (Fsp3) is 0.545. The van der Waals surface area contributed by atoms with E-state index in [1.807, 2.05) is 24.4 Å². The fourth-order valence-electron chi connectivity index (χ4n) is 4.59. The molecule has 1 fully saturated rings. The van der Waals surface area contributed by atoms with Crippen LogP contribution in [0, 0.1) is 18.3 Å². The molecule has 9 heteroatoms. The number of anilines is 3. The van der Waals surface area contributed by atoms with E-state index < -0.39 is 0 Å². The highest BCUT2D eigenvalue weighted by atomic mass is 32.1. The van der Waals surface area contributed by atoms with Crippen LogP contribution in [0.15, 0.2) is 17.5 Å². The van der Waals surface area contributed by atoms with Gasteiger partial charge >= 0.3 is 0 Å². The largest absolute Gasteiger partial charge is 0.351 e. The van der Waals surface area contributed by atoms with Crippen molar-refractivity contribution in [1.82, 2.24) is 25.1 Å². The second-order valence-corrected chi connectivity index (χ2v) is 9.09. The number of nitrogens with one attached hydrogen (secondary N) is 3. The molecule has 31 heavy (non-hydrogen) atoms. The third-order valence-corrected chi connectivity index (χ3v) is 6.98. The Bertz CT molecular complexity index is 1040. The van der Waals surface area contributed by atoms with E-state index in [4.69, 9.17) is 15.2 Å². The summed E-state index contributed by atoms with van der Waals surface area (Å²) in [5.74, 6) is 2.18. The van der Waals surface area contributed by atoms with Crippen LogP contribution >= 0.6 is 11.3 Å². The molecule has 2 atom stereocenters. The smallest absolute Gasteiger partial charge is 0.225 e. The van der Waals surface area contributed by atoms with Crippen molar-refractivity contribution in [3.05, 3.63) is 23.2 Å². The summed E-state index contributed by atoms with van der Waals surface area (Å²) in [6.07, 6.45) is 4.81. The summed E-state index contributed by atoms with van der Waals surface area (Å²) < 4.78 is 1.02. The van der Waals surface area contributed by atoms with Gasteiger partial charge in [0.1, 0.15) is 0 Å². The maximum Gasteiger partial charge on any atom is 0.225 e. The van der Waals surface area contributed by atoms with Gasteiger partial charge in [-0.25, -0.2) is 4.98 Å². The zero-order valence-electron chi connectivity index (χ0n) is 18.4. The van der Waals surface area contributed by atoms with Crippen LogP contribution < -0.4 is 10.6 Å². The molecule has 0 radical (unpaired) electrons. The van der Waals surface area contributed by atoms with Crippen LogP contribution in [0.5, 0.6) is 0 Å². The number of piperidine rings is 1. The summed E-state index contributed by atoms with van der Waals surface area (Å²) in [6.45, 7) is 7.31. The Labute approximate surface area is 187 Å². The molecule has 0 aromatic carbocycles. The van der Waals surface area contributed by atoms with Crippen molar-refractivity contribution in [3.8, 4) is 6.07 Å². The number of hydrogen-bond acceptors (Lipinski definition) is 8. The molecule has 0 amide bonds. The van der Waals surface area contributed by atoms with Crippen molar-refractivity contribution in [2.24, 2.45) is 0 Å². The number of aryl methyl sites for hydroxylation is 1. The van der Waals surface area contributed by atoms with Gasteiger partial charge in [-0.15, -0.1) is 11.3 Å². The number of nitrogens with zero attached hydrogens (tertiary/aromatic N) is 5. The Morgan fingerprint density at radius 3 is 2.68 bits per heavy atom. The van der Waals surface area contributed by atoms with E-state index in [1.54, 1.807) is 11.3 Å². The number of likely N-dealkylation sites (tertiary alicyclic amines) is 1. The molecular formula is C22H30N8S. The van der Waals surface area contributed by atoms with E-state index >= 15 is 0 Å². The average molecular weight is 439 g/mol. The Morgan fingerprint density at radius 2 is 2.03 bits per heavy atom. The first-order chi connectivity index (χ1) is 15.1. The number of H-pyrrole nitrogens is 1. The van der Waals surface area contributed by atoms with E-state index in [1.165, 1.54) is 0 Å². The van der Waals surface area contributed by atoms with Gasteiger partial charge < -0.3 is 10.6 Å². The number of nitriles is 1. The third-order valence-electron chi connectivity index (χ3n) is 6.06. The van der Waals surface area contributed by atoms with E-state index in [0.717, 1.165) is 59.8 Å². The lowest BCUT2D eigenvalue weighted by Crippen LogP contribution is -2.52. The minimum absolute atomic E-state index is 0.310. The van der Waals surface area contributed by atoms with Crippen molar-refractivity contribution in [2.75, 3.05) is 17.2 Å². The van der Waals surface area contributed by atoms with Crippen LogP contribution in [-0.4, -0.2) is 49.7 Å². The second kappa shape index (κ2) is 9.62. The SMILES string of the molecule is CCC1CC(Nc2nc(Nc3cc(C)[nH]n3)c3sccc3n2)CC(CC)N1CCC#N. The molecule has 0 saturated carbocycles. The van der Waals surface area contributed by atoms with Crippen molar-refractivity contribution in [3.63, 3.8) is 0 Å². The Morgan fingerprint density at radius 1 is 1.26 bits per heavy atom. The van der Waals surface area contributed by atoms with Crippen LogP contribution in [0.4, 0.5) is 17.6 Å². The molecule has 1 aliphatic heterocycles. The van der Waals surface area contributed by atoms with Crippen LogP contribution in [0.1, 0.15) is 51.6 Å². The van der Waals surface area contributed by atoms with E-state index in [2.05, 4.69) is 45.6 Å². The quantitative estimate of drug-likeness (QED) is 0.463. The molecule has 3 N–H and O–H groups in total. The zero-order valence-corrected chi connectivity index (χ0v) is 19.2. The first-order valence-electron chi connectivity index (χ1n) is 11.0. The number of rotatable bonds is 8. The summed E-state index contributed by atoms with van der Waals surface area (Å²) in [5.41, 5.74) is 1.93. The Balaban J connectivity index is 1.54. The number of thiophene rings is 1. The molecule has 1 aliphatic rings. The maximum atomic E-state index is 9.05. The number of aromatic amines is 1. The molecule has 0 spiro atoms. The summed E-state index contributed by atoms with van der Waals surface area (Å²) in [6, 6.07) is 7.55. The highest BCUT2D eigenvalue weighted by Gasteiger charge is 2.33. The minimum Gasteiger partial charge on any atom is -0.351 e. The Kier molecular flexibility index (Phi) is 6.68. The van der Waals surface area contributed by atoms with Crippen LogP contribution in [0.3, 0.4) is 0 Å². The lowest BCUT2D eigenvalue weighted by Gasteiger charge is -2.45. The average Bonchev–Trinajstić information content (AvgIpc) is 3.40. The monoisotopic (exact) mass is 438 g/mol. The molecule has 3 aromatic rings. The molecule has 0 bridgehead atoms. The first kappa shape index (κ1) is 21.5. The van der Waals surface area contributed by atoms with Crippen LogP contribution in [0.25, 0.3) is 10.2 Å². The van der Waals surface area contributed by atoms with Crippen molar-refractivity contribution in [1.29, 1.82) is 5.26 Å². The molecule has 4 heterocycles. The topological polar surface area (TPSA) is 106 Å². The van der Waals surface area contributed by atoms with Crippen LogP contribution in [0.2, 0.25) is 0 Å². The van der Waals surface area contributed by atoms with Gasteiger partial charge in [-0.2, -0.15) is 15.3 Å². The highest BCUT2D eigenvalue weighted by molar-refractivity contribution is 7.17. The van der Waals surface area contributed by atoms with E-state index in [9.17, 15) is 0 Å². The van der Waals surface area contributed by atoms with Gasteiger partial charge in [0.2, 0.25) is 5.95 Å². The molecular weight excluding hydrogens is 408 g/mol. The standard InChI is InChI=1S/C22H30N8S/c1-4-16-12-15(13-17(5-2)30(16)9-6-8-23)24-22-25-18-7-10-31-20(18)21(27-22)26-19-11-14(3)28-29-19/h7,10-11,15-17H,4-6,9,12-13H2,1-3H3,(H3,24,25,26,27,28,29). The summed E-state index contributed by atoms with van der Waals surface area (Å²) >= 11 is 1.62. The molecule has 4 rings (SSSR count). The summed E-state index contributed by atoms with van der Waals surface area (Å²) in [5, 5.41) is 25.3. The second-order valence-electron chi connectivity index (χ2n) is 8.17. The van der Waals surface area contributed by atoms with E-state index in [0.29, 0.717) is 30.5 Å². The van der Waals surface area contributed by atoms with Crippen molar-refractivity contribution in [2.45, 2.75) is 71.0 Å². The zero-order chi connectivity index (χ0) is 21.8. The molecule has 2 unspecified atom stereocenters. The summed E-state index contributed by atoms with van der Waals surface area (Å²) in [7, 11) is 0. The molecule has 0 aliphatic carbocycles. The maximum absolute atomic E-state index is 9.05. The molecule has 3 aromatic heterocycles. The van der Waals surface area contributed by atoms with Crippen LogP contribution in [-0.2, 0) is 0 Å². The summed E-state index contributed by atoms with van der Waals surface area (Å²) in [4.78, 5) is 12.1. The number of aromatic nitrogens is 4. The van der Waals surface area contributed by atoms with Crippen molar-refractivity contribution >= 4 is 39.1 Å². The van der Waals surface area contributed by atoms with Gasteiger partial charge in [-0.1, -0.05) is 13.8 Å². The number of hydrogen-bond donors (Lipinski definition) is 3. The Hall–Kier alpha value is -2.70. The minimum atomic E-state index is 0.310. The van der Waals surface area contributed by atoms with Gasteiger partial charge in [0.05, 0.1) is 16.3 Å². The lowest BCUT2D eigenvalue weighted by molar-refractivity contribution is 0.0734. The first-order valence-corrected chi connectivity index (χ1v) is 11.9. The molecule has 1 saturated heterocycles. The lowest BCUT2D eigenvalue weighted by atomic mass is 9.88. The molecule has 164 valence electrons. The van der Waals surface area contributed by atoms with Gasteiger partial charge in [-0.05, 0) is 44.1 Å². The number of fused-ring (bicyclic) bond motifs is 1. The molecule has 8 nitrogen and oxygen atoms in total. The van der Waals surface area contributed by atoms with Gasteiger partial charge in [0, 0.05) is 42.9 Å². The normalized spacial score (nSPS) is 21.8. The van der Waals surface area contributed by atoms with Gasteiger partial charge in [0.15, 0.2) is 11.6 Å². The van der Waals surface area contributed by atoms with Gasteiger partial charge in [0.25, 0.3) is 0 Å². The third kappa shape index (κ3) is 4.81. The predicted molar refractivity (Wildman–Crippen MR) is 126 cm³/mol. The highest BCUT2D eigenvalue weighted by Crippen LogP contribution is 2.32. The fourth-order valence-corrected chi connectivity index (χ4v) is 5.36.